The van der Waals surface area contributed by atoms with E-state index in [2.05, 4.69) is 10.6 Å². The molecule has 2 N–H and O–H groups in total. The second kappa shape index (κ2) is 5.16. The van der Waals surface area contributed by atoms with E-state index in [1.165, 1.54) is 12.8 Å². The minimum atomic E-state index is 0.0605. The second-order valence-corrected chi connectivity index (χ2v) is 4.37. The van der Waals surface area contributed by atoms with E-state index in [-0.39, 0.29) is 11.9 Å². The molecular weight excluding hydrogens is 204 g/mol. The highest BCUT2D eigenvalue weighted by Gasteiger charge is 2.21. The highest BCUT2D eigenvalue weighted by molar-refractivity contribution is 5.78. The Morgan fingerprint density at radius 2 is 2.44 bits per heavy atom. The molecule has 4 nitrogen and oxygen atoms in total. The van der Waals surface area contributed by atoms with Gasteiger partial charge in [0.2, 0.25) is 5.91 Å². The first-order chi connectivity index (χ1) is 7.75. The van der Waals surface area contributed by atoms with Crippen LogP contribution < -0.4 is 10.6 Å². The highest BCUT2D eigenvalue weighted by atomic mass is 16.3. The minimum absolute atomic E-state index is 0.0605. The van der Waals surface area contributed by atoms with Crippen molar-refractivity contribution in [3.05, 3.63) is 24.2 Å². The number of hydrogen-bond acceptors (Lipinski definition) is 3. The van der Waals surface area contributed by atoms with Crippen molar-refractivity contribution in [1.82, 2.24) is 10.6 Å². The number of carbonyl (C=O) groups is 1. The van der Waals surface area contributed by atoms with Gasteiger partial charge in [-0.2, -0.15) is 0 Å². The third-order valence-electron chi connectivity index (χ3n) is 2.82. The van der Waals surface area contributed by atoms with Crippen molar-refractivity contribution >= 4 is 5.91 Å². The lowest BCUT2D eigenvalue weighted by molar-refractivity contribution is -0.120. The van der Waals surface area contributed by atoms with Crippen LogP contribution in [0, 0.1) is 5.92 Å². The van der Waals surface area contributed by atoms with Crippen LogP contribution in [0.5, 0.6) is 0 Å². The summed E-state index contributed by atoms with van der Waals surface area (Å²) in [6, 6.07) is 3.82. The Bertz CT molecular complexity index is 331. The van der Waals surface area contributed by atoms with Gasteiger partial charge < -0.3 is 9.73 Å². The van der Waals surface area contributed by atoms with Gasteiger partial charge in [0.15, 0.2) is 0 Å². The maximum absolute atomic E-state index is 11.4. The molecule has 1 aromatic rings. The lowest BCUT2D eigenvalue weighted by Gasteiger charge is -2.11. The molecule has 1 fully saturated rings. The van der Waals surface area contributed by atoms with Gasteiger partial charge in [0.1, 0.15) is 5.76 Å². The summed E-state index contributed by atoms with van der Waals surface area (Å²) in [5.74, 6) is 1.65. The molecule has 2 rings (SSSR count). The number of nitrogens with one attached hydrogen (secondary N) is 2. The van der Waals surface area contributed by atoms with Crippen molar-refractivity contribution in [1.29, 1.82) is 0 Å². The zero-order chi connectivity index (χ0) is 11.4. The average molecular weight is 222 g/mol. The molecule has 1 aliphatic carbocycles. The number of carbonyl (C=O) groups excluding carboxylic acids is 1. The molecule has 0 unspecified atom stereocenters. The topological polar surface area (TPSA) is 54.3 Å². The van der Waals surface area contributed by atoms with Gasteiger partial charge in [0.25, 0.3) is 0 Å². The maximum Gasteiger partial charge on any atom is 0.233 e. The Kier molecular flexibility index (Phi) is 3.62. The van der Waals surface area contributed by atoms with Crippen molar-refractivity contribution in [2.24, 2.45) is 5.92 Å². The third kappa shape index (κ3) is 3.38. The number of amides is 1. The van der Waals surface area contributed by atoms with Crippen LogP contribution in [0.4, 0.5) is 0 Å². The summed E-state index contributed by atoms with van der Waals surface area (Å²) in [6.45, 7) is 3.15. The Labute approximate surface area is 95.4 Å². The standard InChI is InChI=1S/C12H18N2O2/c1-9(11-3-2-6-16-11)13-8-12(15)14-7-10-4-5-10/h2-3,6,9-10,13H,4-5,7-8H2,1H3,(H,14,15)/t9-/m0/s1. The predicted octanol–water partition coefficient (Wildman–Crippen LogP) is 1.46. The number of rotatable bonds is 6. The normalized spacial score (nSPS) is 17.1. The smallest absolute Gasteiger partial charge is 0.233 e. The molecule has 1 atom stereocenters. The lowest BCUT2D eigenvalue weighted by Crippen LogP contribution is -2.35. The molecule has 1 saturated carbocycles. The van der Waals surface area contributed by atoms with E-state index < -0.39 is 0 Å². The molecule has 1 amide bonds. The molecular formula is C12H18N2O2. The summed E-state index contributed by atoms with van der Waals surface area (Å²) >= 11 is 0. The van der Waals surface area contributed by atoms with Crippen LogP contribution in [0.1, 0.15) is 31.6 Å². The highest BCUT2D eigenvalue weighted by Crippen LogP contribution is 2.27. The quantitative estimate of drug-likeness (QED) is 0.766. The van der Waals surface area contributed by atoms with Gasteiger partial charge in [-0.3, -0.25) is 10.1 Å². The van der Waals surface area contributed by atoms with E-state index in [9.17, 15) is 4.79 Å². The molecule has 0 bridgehead atoms. The molecule has 88 valence electrons. The molecule has 0 spiro atoms. The van der Waals surface area contributed by atoms with E-state index in [0.717, 1.165) is 18.2 Å². The minimum Gasteiger partial charge on any atom is -0.468 e. The van der Waals surface area contributed by atoms with Crippen LogP contribution in [0.3, 0.4) is 0 Å². The molecule has 4 heteroatoms. The average Bonchev–Trinajstić information content (AvgIpc) is 2.95. The van der Waals surface area contributed by atoms with Crippen molar-refractivity contribution in [2.75, 3.05) is 13.1 Å². The molecule has 1 aliphatic rings. The molecule has 0 radical (unpaired) electrons. The summed E-state index contributed by atoms with van der Waals surface area (Å²) < 4.78 is 5.24. The molecule has 1 aromatic heterocycles. The fourth-order valence-corrected chi connectivity index (χ4v) is 1.53. The first-order valence-corrected chi connectivity index (χ1v) is 5.79. The van der Waals surface area contributed by atoms with Crippen molar-refractivity contribution in [2.45, 2.75) is 25.8 Å². The Morgan fingerprint density at radius 1 is 1.62 bits per heavy atom. The number of furan rings is 1. The van der Waals surface area contributed by atoms with Gasteiger partial charge in [-0.15, -0.1) is 0 Å². The van der Waals surface area contributed by atoms with Gasteiger partial charge in [-0.1, -0.05) is 0 Å². The number of hydrogen-bond donors (Lipinski definition) is 2. The van der Waals surface area contributed by atoms with Crippen LogP contribution >= 0.6 is 0 Å². The molecule has 0 aromatic carbocycles. The molecule has 0 aliphatic heterocycles. The summed E-state index contributed by atoms with van der Waals surface area (Å²) in [4.78, 5) is 11.4. The van der Waals surface area contributed by atoms with E-state index in [4.69, 9.17) is 4.42 Å². The van der Waals surface area contributed by atoms with E-state index >= 15 is 0 Å². The van der Waals surface area contributed by atoms with Crippen molar-refractivity contribution in [3.8, 4) is 0 Å². The largest absolute Gasteiger partial charge is 0.468 e. The predicted molar refractivity (Wildman–Crippen MR) is 60.9 cm³/mol. The first kappa shape index (κ1) is 11.2. The van der Waals surface area contributed by atoms with Crippen LogP contribution in [0.25, 0.3) is 0 Å². The van der Waals surface area contributed by atoms with E-state index in [1.54, 1.807) is 6.26 Å². The van der Waals surface area contributed by atoms with Crippen LogP contribution in [-0.2, 0) is 4.79 Å². The van der Waals surface area contributed by atoms with Crippen LogP contribution in [0.2, 0.25) is 0 Å². The van der Waals surface area contributed by atoms with Gasteiger partial charge in [0, 0.05) is 6.54 Å². The summed E-state index contributed by atoms with van der Waals surface area (Å²) in [5, 5.41) is 6.04. The summed E-state index contributed by atoms with van der Waals surface area (Å²) in [5.41, 5.74) is 0. The van der Waals surface area contributed by atoms with Gasteiger partial charge in [0.05, 0.1) is 18.8 Å². The zero-order valence-electron chi connectivity index (χ0n) is 9.53. The Balaban J connectivity index is 1.64. The second-order valence-electron chi connectivity index (χ2n) is 4.37. The zero-order valence-corrected chi connectivity index (χ0v) is 9.53. The fourth-order valence-electron chi connectivity index (χ4n) is 1.53. The van der Waals surface area contributed by atoms with Crippen LogP contribution in [-0.4, -0.2) is 19.0 Å². The van der Waals surface area contributed by atoms with E-state index in [1.807, 2.05) is 19.1 Å². The summed E-state index contributed by atoms with van der Waals surface area (Å²) in [7, 11) is 0. The summed E-state index contributed by atoms with van der Waals surface area (Å²) in [6.07, 6.45) is 4.16. The van der Waals surface area contributed by atoms with Gasteiger partial charge in [-0.25, -0.2) is 0 Å². The third-order valence-corrected chi connectivity index (χ3v) is 2.82. The lowest BCUT2D eigenvalue weighted by atomic mass is 10.2. The molecule has 0 saturated heterocycles. The van der Waals surface area contributed by atoms with Gasteiger partial charge >= 0.3 is 0 Å². The Morgan fingerprint density at radius 3 is 3.06 bits per heavy atom. The monoisotopic (exact) mass is 222 g/mol. The van der Waals surface area contributed by atoms with Crippen molar-refractivity contribution in [3.63, 3.8) is 0 Å². The fraction of sp³-hybridized carbons (Fsp3) is 0.583. The van der Waals surface area contributed by atoms with Crippen molar-refractivity contribution < 1.29 is 9.21 Å². The van der Waals surface area contributed by atoms with E-state index in [0.29, 0.717) is 6.54 Å². The maximum atomic E-state index is 11.4. The first-order valence-electron chi connectivity index (χ1n) is 5.79. The van der Waals surface area contributed by atoms with Gasteiger partial charge in [-0.05, 0) is 37.8 Å². The Hall–Kier alpha value is -1.29. The SMILES string of the molecule is C[C@H](NCC(=O)NCC1CC1)c1ccco1. The molecule has 16 heavy (non-hydrogen) atoms. The molecule has 1 heterocycles. The van der Waals surface area contributed by atoms with Crippen LogP contribution in [0.15, 0.2) is 22.8 Å².